The van der Waals surface area contributed by atoms with Crippen molar-refractivity contribution in [3.05, 3.63) is 30.6 Å². The average molecular weight is 217 g/mol. The minimum Gasteiger partial charge on any atom is -0.271 e. The van der Waals surface area contributed by atoms with E-state index in [1.807, 2.05) is 35.2 Å². The Morgan fingerprint density at radius 3 is 3.07 bits per heavy atom. The molecule has 1 heterocycles. The first-order chi connectivity index (χ1) is 7.35. The van der Waals surface area contributed by atoms with Gasteiger partial charge in [-0.15, -0.1) is 0 Å². The minimum absolute atomic E-state index is 0.0115. The Labute approximate surface area is 92.9 Å². The van der Waals surface area contributed by atoms with E-state index in [1.165, 1.54) is 11.9 Å². The molecule has 1 unspecified atom stereocenters. The number of benzene rings is 1. The van der Waals surface area contributed by atoms with E-state index in [0.717, 1.165) is 17.5 Å². The lowest BCUT2D eigenvalue weighted by molar-refractivity contribution is 0.978. The van der Waals surface area contributed by atoms with Gasteiger partial charge in [0.25, 0.3) is 0 Å². The highest BCUT2D eigenvalue weighted by atomic mass is 32.2. The molecule has 0 aliphatic heterocycles. The van der Waals surface area contributed by atoms with E-state index >= 15 is 0 Å². The van der Waals surface area contributed by atoms with Crippen LogP contribution in [0.5, 0.6) is 0 Å². The quantitative estimate of drug-likeness (QED) is 0.793. The molecule has 0 bridgehead atoms. The third-order valence-electron chi connectivity index (χ3n) is 2.18. The zero-order valence-electron chi connectivity index (χ0n) is 8.42. The predicted molar refractivity (Wildman–Crippen MR) is 62.4 cm³/mol. The van der Waals surface area contributed by atoms with Crippen molar-refractivity contribution in [2.45, 2.75) is 18.6 Å². The molecular formula is C11H11N3S. The summed E-state index contributed by atoms with van der Waals surface area (Å²) in [5.41, 5.74) is 2.04. The number of imidazole rings is 1. The van der Waals surface area contributed by atoms with Gasteiger partial charge in [0.15, 0.2) is 0 Å². The highest BCUT2D eigenvalue weighted by molar-refractivity contribution is 7.98. The highest BCUT2D eigenvalue weighted by Crippen LogP contribution is 2.22. The third kappa shape index (κ3) is 1.97. The van der Waals surface area contributed by atoms with E-state index in [2.05, 4.69) is 11.1 Å². The maximum atomic E-state index is 8.89. The van der Waals surface area contributed by atoms with Crippen LogP contribution in [0.25, 0.3) is 11.0 Å². The lowest BCUT2D eigenvalue weighted by atomic mass is 10.3. The summed E-state index contributed by atoms with van der Waals surface area (Å²) in [6.45, 7) is 2.01. The van der Waals surface area contributed by atoms with Crippen molar-refractivity contribution in [1.82, 2.24) is 8.96 Å². The second-order valence-corrected chi connectivity index (χ2v) is 4.36. The second kappa shape index (κ2) is 4.37. The Morgan fingerprint density at radius 1 is 1.53 bits per heavy atom. The van der Waals surface area contributed by atoms with Crippen LogP contribution in [-0.2, 0) is 0 Å². The van der Waals surface area contributed by atoms with Gasteiger partial charge in [-0.25, -0.2) is 4.98 Å². The average Bonchev–Trinajstić information content (AvgIpc) is 2.69. The Morgan fingerprint density at radius 2 is 2.33 bits per heavy atom. The maximum Gasteiger partial charge on any atom is 0.112 e. The van der Waals surface area contributed by atoms with E-state index < -0.39 is 0 Å². The van der Waals surface area contributed by atoms with Crippen LogP contribution >= 0.6 is 11.9 Å². The number of hydrogen-bond donors (Lipinski definition) is 0. The van der Waals surface area contributed by atoms with Crippen LogP contribution in [0, 0.1) is 11.3 Å². The summed E-state index contributed by atoms with van der Waals surface area (Å²) in [4.78, 5) is 4.27. The maximum absolute atomic E-state index is 8.89. The molecule has 76 valence electrons. The van der Waals surface area contributed by atoms with Gasteiger partial charge in [0.05, 0.1) is 17.1 Å². The summed E-state index contributed by atoms with van der Waals surface area (Å²) in [5.74, 6) is 0. The van der Waals surface area contributed by atoms with Crippen LogP contribution in [0.3, 0.4) is 0 Å². The number of aromatic nitrogens is 2. The first-order valence-corrected chi connectivity index (χ1v) is 5.67. The molecule has 0 saturated heterocycles. The van der Waals surface area contributed by atoms with Gasteiger partial charge < -0.3 is 0 Å². The Kier molecular flexibility index (Phi) is 2.93. The fraction of sp³-hybridized carbons (Fsp3) is 0.273. The number of nitriles is 1. The van der Waals surface area contributed by atoms with Crippen molar-refractivity contribution >= 4 is 23.0 Å². The zero-order valence-corrected chi connectivity index (χ0v) is 9.24. The van der Waals surface area contributed by atoms with E-state index in [1.54, 1.807) is 6.33 Å². The van der Waals surface area contributed by atoms with Crippen molar-refractivity contribution in [2.24, 2.45) is 0 Å². The Balaban J connectivity index is 2.33. The molecule has 1 aromatic carbocycles. The topological polar surface area (TPSA) is 41.6 Å². The number of rotatable bonds is 3. The molecule has 0 amide bonds. The molecule has 0 fully saturated rings. The summed E-state index contributed by atoms with van der Waals surface area (Å²) < 4.78 is 1.96. The predicted octanol–water partition coefficient (Wildman–Crippen LogP) is 2.83. The molecular weight excluding hydrogens is 206 g/mol. The van der Waals surface area contributed by atoms with Crippen LogP contribution in [0.15, 0.2) is 30.6 Å². The molecule has 0 spiro atoms. The molecule has 4 heteroatoms. The molecule has 1 aromatic heterocycles. The van der Waals surface area contributed by atoms with Gasteiger partial charge in [-0.3, -0.25) is 3.97 Å². The first kappa shape index (κ1) is 10.1. The molecule has 15 heavy (non-hydrogen) atoms. The molecule has 0 N–H and O–H groups in total. The largest absolute Gasteiger partial charge is 0.271 e. The highest BCUT2D eigenvalue weighted by Gasteiger charge is 2.09. The molecule has 0 saturated carbocycles. The molecule has 3 nitrogen and oxygen atoms in total. The smallest absolute Gasteiger partial charge is 0.112 e. The molecule has 1 atom stereocenters. The van der Waals surface area contributed by atoms with Gasteiger partial charge in [0.1, 0.15) is 11.6 Å². The monoisotopic (exact) mass is 217 g/mol. The lowest BCUT2D eigenvalue weighted by Gasteiger charge is -2.06. The van der Waals surface area contributed by atoms with E-state index in [9.17, 15) is 0 Å². The number of fused-ring (bicyclic) bond motifs is 1. The standard InChI is InChI=1S/C11H11N3S/c1-2-9(7-12)15-14-8-13-10-5-3-4-6-11(10)14/h3-6,8-9H,2H2,1H3. The van der Waals surface area contributed by atoms with Crippen LogP contribution in [-0.4, -0.2) is 14.2 Å². The summed E-state index contributed by atoms with van der Waals surface area (Å²) in [6, 6.07) is 10.2. The number of nitrogens with zero attached hydrogens (tertiary/aromatic N) is 3. The third-order valence-corrected chi connectivity index (χ3v) is 3.39. The molecule has 0 aliphatic carbocycles. The van der Waals surface area contributed by atoms with Crippen molar-refractivity contribution in [2.75, 3.05) is 0 Å². The zero-order chi connectivity index (χ0) is 10.7. The number of hydrogen-bond acceptors (Lipinski definition) is 3. The molecule has 2 aromatic rings. The van der Waals surface area contributed by atoms with E-state index in [4.69, 9.17) is 5.26 Å². The lowest BCUT2D eigenvalue weighted by Crippen LogP contribution is -1.99. The second-order valence-electron chi connectivity index (χ2n) is 3.19. The van der Waals surface area contributed by atoms with Crippen molar-refractivity contribution < 1.29 is 0 Å². The van der Waals surface area contributed by atoms with Gasteiger partial charge in [-0.2, -0.15) is 5.26 Å². The van der Waals surface area contributed by atoms with Crippen LogP contribution in [0.2, 0.25) is 0 Å². The van der Waals surface area contributed by atoms with Crippen molar-refractivity contribution in [3.8, 4) is 6.07 Å². The summed E-state index contributed by atoms with van der Waals surface area (Å²) in [5, 5.41) is 8.88. The van der Waals surface area contributed by atoms with Crippen molar-refractivity contribution in [3.63, 3.8) is 0 Å². The minimum atomic E-state index is -0.0115. The van der Waals surface area contributed by atoms with Gasteiger partial charge in [-0.05, 0) is 30.5 Å². The van der Waals surface area contributed by atoms with E-state index in [0.29, 0.717) is 0 Å². The Hall–Kier alpha value is -1.47. The fourth-order valence-electron chi connectivity index (χ4n) is 1.35. The van der Waals surface area contributed by atoms with E-state index in [-0.39, 0.29) is 5.25 Å². The summed E-state index contributed by atoms with van der Waals surface area (Å²) >= 11 is 1.52. The SMILES string of the molecule is CCC(C#N)Sn1cnc2ccccc21. The molecule has 2 rings (SSSR count). The van der Waals surface area contributed by atoms with Gasteiger partial charge in [-0.1, -0.05) is 19.1 Å². The number of para-hydroxylation sites is 2. The van der Waals surface area contributed by atoms with Crippen LogP contribution < -0.4 is 0 Å². The molecule has 0 radical (unpaired) electrons. The van der Waals surface area contributed by atoms with Gasteiger partial charge >= 0.3 is 0 Å². The Bertz CT molecular complexity index is 498. The normalized spacial score (nSPS) is 12.5. The molecule has 0 aliphatic rings. The van der Waals surface area contributed by atoms with Gasteiger partial charge in [0.2, 0.25) is 0 Å². The first-order valence-electron chi connectivity index (χ1n) is 4.84. The fourth-order valence-corrected chi connectivity index (χ4v) is 2.19. The van der Waals surface area contributed by atoms with Crippen LogP contribution in [0.1, 0.15) is 13.3 Å². The van der Waals surface area contributed by atoms with Gasteiger partial charge in [0, 0.05) is 0 Å². The van der Waals surface area contributed by atoms with Crippen molar-refractivity contribution in [1.29, 1.82) is 5.26 Å². The summed E-state index contributed by atoms with van der Waals surface area (Å²) in [6.07, 6.45) is 2.61. The summed E-state index contributed by atoms with van der Waals surface area (Å²) in [7, 11) is 0. The van der Waals surface area contributed by atoms with Crippen LogP contribution in [0.4, 0.5) is 0 Å².